The van der Waals surface area contributed by atoms with Crippen LogP contribution in [-0.2, 0) is 20.7 Å². The monoisotopic (exact) mass is 346 g/mol. The Balaban J connectivity index is 1.65. The van der Waals surface area contributed by atoms with Gasteiger partial charge in [-0.1, -0.05) is 29.8 Å². The topological polar surface area (TPSA) is 70.1 Å². The summed E-state index contributed by atoms with van der Waals surface area (Å²) in [5.74, 6) is -0.0185. The molecule has 2 heterocycles. The molecule has 0 spiro atoms. The maximum absolute atomic E-state index is 12.6. The summed E-state index contributed by atoms with van der Waals surface area (Å²) in [6.07, 6.45) is 1.91. The van der Waals surface area contributed by atoms with E-state index in [1.54, 1.807) is 9.80 Å². The molecule has 2 aliphatic heterocycles. The molecular formula is C19H26N2O4. The summed E-state index contributed by atoms with van der Waals surface area (Å²) in [6, 6.07) is 8.12. The predicted octanol–water partition coefficient (Wildman–Crippen LogP) is 0.750. The minimum Gasteiger partial charge on any atom is -0.393 e. The van der Waals surface area contributed by atoms with Gasteiger partial charge >= 0.3 is 0 Å². The molecule has 3 rings (SSSR count). The number of aliphatic hydroxyl groups is 1. The first-order valence-corrected chi connectivity index (χ1v) is 8.87. The zero-order valence-electron chi connectivity index (χ0n) is 14.7. The lowest BCUT2D eigenvalue weighted by Crippen LogP contribution is -2.58. The minimum atomic E-state index is -0.780. The molecule has 25 heavy (non-hydrogen) atoms. The van der Waals surface area contributed by atoms with Crippen molar-refractivity contribution in [3.63, 3.8) is 0 Å². The van der Waals surface area contributed by atoms with Crippen LogP contribution in [0.4, 0.5) is 0 Å². The van der Waals surface area contributed by atoms with Gasteiger partial charge in [0.1, 0.15) is 5.60 Å². The molecule has 2 fully saturated rings. The first-order chi connectivity index (χ1) is 12.0. The van der Waals surface area contributed by atoms with Crippen molar-refractivity contribution >= 4 is 11.8 Å². The van der Waals surface area contributed by atoms with Gasteiger partial charge in [-0.15, -0.1) is 0 Å². The number of carbonyl (C=O) groups is 2. The van der Waals surface area contributed by atoms with Gasteiger partial charge < -0.3 is 19.6 Å². The number of benzene rings is 1. The van der Waals surface area contributed by atoms with Crippen molar-refractivity contribution in [2.75, 3.05) is 39.4 Å². The summed E-state index contributed by atoms with van der Waals surface area (Å²) in [5, 5.41) is 9.96. The number of amides is 2. The summed E-state index contributed by atoms with van der Waals surface area (Å²) in [6.45, 7) is 3.91. The number of aliphatic hydroxyl groups excluding tert-OH is 1. The van der Waals surface area contributed by atoms with Crippen molar-refractivity contribution in [3.8, 4) is 0 Å². The lowest BCUT2D eigenvalue weighted by Gasteiger charge is -2.42. The molecule has 0 aliphatic carbocycles. The number of ether oxygens (including phenoxy) is 1. The van der Waals surface area contributed by atoms with Crippen molar-refractivity contribution in [3.05, 3.63) is 35.4 Å². The Morgan fingerprint density at radius 2 is 2.04 bits per heavy atom. The number of hydrogen-bond acceptors (Lipinski definition) is 4. The number of likely N-dealkylation sites (tertiary alicyclic amines) is 1. The molecule has 1 aromatic carbocycles. The van der Waals surface area contributed by atoms with Crippen LogP contribution in [0.3, 0.4) is 0 Å². The second-order valence-corrected chi connectivity index (χ2v) is 7.09. The Bertz CT molecular complexity index is 631. The fourth-order valence-corrected chi connectivity index (χ4v) is 3.53. The molecule has 1 N–H and O–H groups in total. The van der Waals surface area contributed by atoms with E-state index in [1.807, 2.05) is 31.2 Å². The van der Waals surface area contributed by atoms with Crippen LogP contribution in [0.15, 0.2) is 24.3 Å². The van der Waals surface area contributed by atoms with E-state index in [0.29, 0.717) is 39.1 Å². The molecule has 2 amide bonds. The van der Waals surface area contributed by atoms with Crippen LogP contribution in [0.2, 0.25) is 0 Å². The standard InChI is InChI=1S/C19H26N2O4/c1-15-4-6-16(7-5-15)11-19(14-22)13-21(9-10-25-19)18(24)12-20-8-2-3-17(20)23/h4-7,22H,2-3,8-14H2,1H3/t19-/m0/s1. The highest BCUT2D eigenvalue weighted by molar-refractivity contribution is 5.86. The summed E-state index contributed by atoms with van der Waals surface area (Å²) >= 11 is 0. The molecule has 1 atom stereocenters. The van der Waals surface area contributed by atoms with Crippen LogP contribution in [0, 0.1) is 6.92 Å². The average Bonchev–Trinajstić information content (AvgIpc) is 3.02. The van der Waals surface area contributed by atoms with Crippen LogP contribution in [0.5, 0.6) is 0 Å². The van der Waals surface area contributed by atoms with Gasteiger partial charge in [0.05, 0.1) is 26.3 Å². The van der Waals surface area contributed by atoms with Crippen molar-refractivity contribution in [1.82, 2.24) is 9.80 Å². The number of morpholine rings is 1. The maximum atomic E-state index is 12.6. The van der Waals surface area contributed by atoms with Crippen molar-refractivity contribution in [1.29, 1.82) is 0 Å². The highest BCUT2D eigenvalue weighted by Crippen LogP contribution is 2.24. The summed E-state index contributed by atoms with van der Waals surface area (Å²) in [5.41, 5.74) is 1.47. The Kier molecular flexibility index (Phi) is 5.39. The smallest absolute Gasteiger partial charge is 0.242 e. The zero-order chi connectivity index (χ0) is 17.9. The van der Waals surface area contributed by atoms with E-state index < -0.39 is 5.60 Å². The number of carbonyl (C=O) groups excluding carboxylic acids is 2. The summed E-state index contributed by atoms with van der Waals surface area (Å²) in [7, 11) is 0. The fraction of sp³-hybridized carbons (Fsp3) is 0.579. The predicted molar refractivity (Wildman–Crippen MR) is 93.0 cm³/mol. The van der Waals surface area contributed by atoms with Crippen LogP contribution in [0.1, 0.15) is 24.0 Å². The lowest BCUT2D eigenvalue weighted by molar-refractivity contribution is -0.159. The van der Waals surface area contributed by atoms with E-state index in [4.69, 9.17) is 4.74 Å². The average molecular weight is 346 g/mol. The van der Waals surface area contributed by atoms with Crippen LogP contribution < -0.4 is 0 Å². The number of rotatable bonds is 5. The Labute approximate surface area is 148 Å². The number of aryl methyl sites for hydroxylation is 1. The first kappa shape index (κ1) is 17.9. The molecule has 6 nitrogen and oxygen atoms in total. The number of nitrogens with zero attached hydrogens (tertiary/aromatic N) is 2. The quantitative estimate of drug-likeness (QED) is 0.854. The Morgan fingerprint density at radius 3 is 2.68 bits per heavy atom. The molecule has 0 saturated carbocycles. The van der Waals surface area contributed by atoms with Gasteiger partial charge in [-0.3, -0.25) is 9.59 Å². The second-order valence-electron chi connectivity index (χ2n) is 7.09. The van der Waals surface area contributed by atoms with Crippen molar-refractivity contribution in [2.45, 2.75) is 31.8 Å². The van der Waals surface area contributed by atoms with E-state index in [0.717, 1.165) is 12.0 Å². The third-order valence-electron chi connectivity index (χ3n) is 5.03. The van der Waals surface area contributed by atoms with Gasteiger partial charge in [-0.05, 0) is 18.9 Å². The SMILES string of the molecule is Cc1ccc(C[C@@]2(CO)CN(C(=O)CN3CCCC3=O)CCO2)cc1. The van der Waals surface area contributed by atoms with Crippen LogP contribution >= 0.6 is 0 Å². The van der Waals surface area contributed by atoms with Crippen LogP contribution in [0.25, 0.3) is 0 Å². The normalized spacial score (nSPS) is 24.0. The van der Waals surface area contributed by atoms with Gasteiger partial charge in [0.15, 0.2) is 0 Å². The molecule has 0 radical (unpaired) electrons. The largest absolute Gasteiger partial charge is 0.393 e. The molecule has 0 aromatic heterocycles. The molecule has 136 valence electrons. The Morgan fingerprint density at radius 1 is 1.28 bits per heavy atom. The van der Waals surface area contributed by atoms with Crippen LogP contribution in [-0.4, -0.2) is 71.7 Å². The molecule has 1 aromatic rings. The third kappa shape index (κ3) is 4.19. The van der Waals surface area contributed by atoms with E-state index in [-0.39, 0.29) is 25.0 Å². The van der Waals surface area contributed by atoms with Gasteiger partial charge in [0, 0.05) is 25.9 Å². The van der Waals surface area contributed by atoms with E-state index in [9.17, 15) is 14.7 Å². The van der Waals surface area contributed by atoms with E-state index in [2.05, 4.69) is 0 Å². The molecule has 0 bridgehead atoms. The first-order valence-electron chi connectivity index (χ1n) is 8.87. The number of hydrogen-bond donors (Lipinski definition) is 1. The molecule has 2 aliphatic rings. The molecular weight excluding hydrogens is 320 g/mol. The molecule has 6 heteroatoms. The highest BCUT2D eigenvalue weighted by Gasteiger charge is 2.38. The van der Waals surface area contributed by atoms with Crippen molar-refractivity contribution in [2.24, 2.45) is 0 Å². The van der Waals surface area contributed by atoms with Gasteiger partial charge in [-0.25, -0.2) is 0 Å². The fourth-order valence-electron chi connectivity index (χ4n) is 3.53. The third-order valence-corrected chi connectivity index (χ3v) is 5.03. The van der Waals surface area contributed by atoms with Gasteiger partial charge in [-0.2, -0.15) is 0 Å². The zero-order valence-corrected chi connectivity index (χ0v) is 14.7. The highest BCUT2D eigenvalue weighted by atomic mass is 16.5. The maximum Gasteiger partial charge on any atom is 0.242 e. The van der Waals surface area contributed by atoms with Gasteiger partial charge in [0.2, 0.25) is 11.8 Å². The molecule has 2 saturated heterocycles. The van der Waals surface area contributed by atoms with Crippen molar-refractivity contribution < 1.29 is 19.4 Å². The Hall–Kier alpha value is -1.92. The second kappa shape index (κ2) is 7.54. The van der Waals surface area contributed by atoms with E-state index in [1.165, 1.54) is 5.56 Å². The molecule has 0 unspecified atom stereocenters. The van der Waals surface area contributed by atoms with E-state index >= 15 is 0 Å². The summed E-state index contributed by atoms with van der Waals surface area (Å²) < 4.78 is 5.90. The van der Waals surface area contributed by atoms with Gasteiger partial charge in [0.25, 0.3) is 0 Å². The minimum absolute atomic E-state index is 0.0506. The summed E-state index contributed by atoms with van der Waals surface area (Å²) in [4.78, 5) is 27.7. The lowest BCUT2D eigenvalue weighted by atomic mass is 9.92.